The Hall–Kier alpha value is -1.75. The van der Waals surface area contributed by atoms with Gasteiger partial charge >= 0.3 is 0 Å². The summed E-state index contributed by atoms with van der Waals surface area (Å²) in [5.74, 6) is 1.29. The normalized spacial score (nSPS) is 14.8. The first-order valence-electron chi connectivity index (χ1n) is 6.80. The Morgan fingerprint density at radius 3 is 3.05 bits per heavy atom. The van der Waals surface area contributed by atoms with E-state index >= 15 is 0 Å². The summed E-state index contributed by atoms with van der Waals surface area (Å²) in [5.41, 5.74) is 1.88. The van der Waals surface area contributed by atoms with Crippen LogP contribution in [0.15, 0.2) is 22.7 Å². The minimum absolute atomic E-state index is 0.579. The smallest absolute Gasteiger partial charge is 0.247 e. The molecule has 0 saturated heterocycles. The molecule has 2 aromatic rings. The van der Waals surface area contributed by atoms with Crippen LogP contribution < -0.4 is 5.32 Å². The second kappa shape index (κ2) is 5.48. The average molecular weight is 258 g/mol. The van der Waals surface area contributed by atoms with Crippen molar-refractivity contribution in [1.82, 2.24) is 20.5 Å². The first-order chi connectivity index (χ1) is 9.31. The Bertz CT molecular complexity index is 548. The van der Waals surface area contributed by atoms with Gasteiger partial charge in [-0.3, -0.25) is 4.98 Å². The van der Waals surface area contributed by atoms with Crippen LogP contribution in [0.3, 0.4) is 0 Å². The molecule has 1 aliphatic carbocycles. The van der Waals surface area contributed by atoms with E-state index in [2.05, 4.69) is 20.5 Å². The predicted octanol–water partition coefficient (Wildman–Crippen LogP) is 2.12. The second-order valence-electron chi connectivity index (χ2n) is 5.02. The summed E-state index contributed by atoms with van der Waals surface area (Å²) in [6, 6.07) is 4.60. The lowest BCUT2D eigenvalue weighted by atomic mass is 10.2. The second-order valence-corrected chi connectivity index (χ2v) is 5.02. The number of rotatable bonds is 6. The maximum atomic E-state index is 5.67. The Morgan fingerprint density at radius 1 is 1.37 bits per heavy atom. The molecule has 1 N–H and O–H groups in total. The number of nitrogens with zero attached hydrogens (tertiary/aromatic N) is 3. The Balaban J connectivity index is 1.56. The summed E-state index contributed by atoms with van der Waals surface area (Å²) in [5, 5.41) is 11.7. The molecule has 1 fully saturated rings. The molecule has 2 heterocycles. The van der Waals surface area contributed by atoms with Gasteiger partial charge in [0.15, 0.2) is 0 Å². The van der Waals surface area contributed by atoms with Gasteiger partial charge < -0.3 is 9.73 Å². The van der Waals surface area contributed by atoms with Gasteiger partial charge in [0.1, 0.15) is 0 Å². The van der Waals surface area contributed by atoms with Crippen molar-refractivity contribution in [3.63, 3.8) is 0 Å². The summed E-state index contributed by atoms with van der Waals surface area (Å²) >= 11 is 0. The van der Waals surface area contributed by atoms with E-state index in [-0.39, 0.29) is 0 Å². The van der Waals surface area contributed by atoms with Crippen LogP contribution in [0.25, 0.3) is 11.5 Å². The van der Waals surface area contributed by atoms with Crippen LogP contribution in [0, 0.1) is 6.92 Å². The van der Waals surface area contributed by atoms with Crippen LogP contribution in [-0.2, 0) is 6.42 Å². The molecule has 100 valence electrons. The fourth-order valence-electron chi connectivity index (χ4n) is 1.98. The highest BCUT2D eigenvalue weighted by Gasteiger charge is 2.19. The third-order valence-corrected chi connectivity index (χ3v) is 3.19. The molecular formula is C14H18N4O. The van der Waals surface area contributed by atoms with Gasteiger partial charge in [-0.25, -0.2) is 0 Å². The van der Waals surface area contributed by atoms with Crippen molar-refractivity contribution in [3.05, 3.63) is 29.9 Å². The molecule has 5 heteroatoms. The summed E-state index contributed by atoms with van der Waals surface area (Å²) in [7, 11) is 0. The van der Waals surface area contributed by atoms with Gasteiger partial charge in [0.05, 0.1) is 0 Å². The van der Waals surface area contributed by atoms with Gasteiger partial charge in [-0.05, 0) is 44.9 Å². The van der Waals surface area contributed by atoms with Gasteiger partial charge in [-0.15, -0.1) is 10.2 Å². The first-order valence-corrected chi connectivity index (χ1v) is 6.80. The molecule has 0 unspecified atom stereocenters. The van der Waals surface area contributed by atoms with Gasteiger partial charge in [0.2, 0.25) is 11.8 Å². The highest BCUT2D eigenvalue weighted by molar-refractivity contribution is 5.52. The number of nitrogens with one attached hydrogen (secondary N) is 1. The Kier molecular flexibility index (Phi) is 3.55. The van der Waals surface area contributed by atoms with Crippen molar-refractivity contribution < 1.29 is 4.42 Å². The number of aryl methyl sites for hydroxylation is 2. The minimum Gasteiger partial charge on any atom is -0.421 e. The van der Waals surface area contributed by atoms with Crippen LogP contribution in [-0.4, -0.2) is 27.8 Å². The van der Waals surface area contributed by atoms with Crippen LogP contribution in [0.4, 0.5) is 0 Å². The molecule has 5 nitrogen and oxygen atoms in total. The topological polar surface area (TPSA) is 63.8 Å². The van der Waals surface area contributed by atoms with Crippen LogP contribution in [0.1, 0.15) is 30.8 Å². The quantitative estimate of drug-likeness (QED) is 0.804. The molecule has 19 heavy (non-hydrogen) atoms. The zero-order valence-electron chi connectivity index (χ0n) is 11.1. The van der Waals surface area contributed by atoms with Crippen LogP contribution in [0.5, 0.6) is 0 Å². The standard InChI is InChI=1S/C14H18N4O/c1-10-9-11(6-8-15-10)14-18-17-13(19-14)3-2-7-16-12-4-5-12/h6,8-9,12,16H,2-5,7H2,1H3. The minimum atomic E-state index is 0.579. The predicted molar refractivity (Wildman–Crippen MR) is 71.6 cm³/mol. The summed E-state index contributed by atoms with van der Waals surface area (Å²) in [4.78, 5) is 4.16. The van der Waals surface area contributed by atoms with E-state index in [1.54, 1.807) is 6.20 Å². The molecule has 0 radical (unpaired) electrons. The summed E-state index contributed by atoms with van der Waals surface area (Å²) in [6.45, 7) is 2.97. The van der Waals surface area contributed by atoms with Gasteiger partial charge in [-0.2, -0.15) is 0 Å². The molecule has 0 amide bonds. The van der Waals surface area contributed by atoms with Gasteiger partial charge in [-0.1, -0.05) is 0 Å². The molecule has 1 aliphatic rings. The lowest BCUT2D eigenvalue weighted by molar-refractivity contribution is 0.491. The molecule has 3 rings (SSSR count). The van der Waals surface area contributed by atoms with E-state index in [0.717, 1.165) is 36.7 Å². The van der Waals surface area contributed by atoms with E-state index in [0.29, 0.717) is 11.8 Å². The van der Waals surface area contributed by atoms with Crippen molar-refractivity contribution in [1.29, 1.82) is 0 Å². The molecule has 0 aromatic carbocycles. The molecule has 0 aliphatic heterocycles. The maximum absolute atomic E-state index is 5.67. The van der Waals surface area contributed by atoms with E-state index in [4.69, 9.17) is 4.42 Å². The van der Waals surface area contributed by atoms with E-state index in [9.17, 15) is 0 Å². The highest BCUT2D eigenvalue weighted by Crippen LogP contribution is 2.19. The van der Waals surface area contributed by atoms with Crippen LogP contribution in [0.2, 0.25) is 0 Å². The fraction of sp³-hybridized carbons (Fsp3) is 0.500. The summed E-state index contributed by atoms with van der Waals surface area (Å²) in [6.07, 6.45) is 6.27. The van der Waals surface area contributed by atoms with Crippen molar-refractivity contribution in [2.45, 2.75) is 38.6 Å². The zero-order chi connectivity index (χ0) is 13.1. The highest BCUT2D eigenvalue weighted by atomic mass is 16.4. The van der Waals surface area contributed by atoms with Gasteiger partial charge in [0.25, 0.3) is 0 Å². The van der Waals surface area contributed by atoms with E-state index in [1.165, 1.54) is 12.8 Å². The SMILES string of the molecule is Cc1cc(-c2nnc(CCCNC3CC3)o2)ccn1. The fourth-order valence-corrected chi connectivity index (χ4v) is 1.98. The average Bonchev–Trinajstić information content (AvgIpc) is 3.11. The molecule has 0 spiro atoms. The monoisotopic (exact) mass is 258 g/mol. The maximum Gasteiger partial charge on any atom is 0.247 e. The molecule has 2 aromatic heterocycles. The lowest BCUT2D eigenvalue weighted by Gasteiger charge is -1.99. The summed E-state index contributed by atoms with van der Waals surface area (Å²) < 4.78 is 5.67. The number of hydrogen-bond acceptors (Lipinski definition) is 5. The number of aromatic nitrogens is 3. The molecule has 0 bridgehead atoms. The van der Waals surface area contributed by atoms with Gasteiger partial charge in [0, 0.05) is 29.9 Å². The molecule has 0 atom stereocenters. The molecule has 1 saturated carbocycles. The van der Waals surface area contributed by atoms with Crippen molar-refractivity contribution in [3.8, 4) is 11.5 Å². The number of pyridine rings is 1. The van der Waals surface area contributed by atoms with Crippen molar-refractivity contribution in [2.24, 2.45) is 0 Å². The Labute approximate surface area is 112 Å². The largest absolute Gasteiger partial charge is 0.421 e. The zero-order valence-corrected chi connectivity index (χ0v) is 11.1. The Morgan fingerprint density at radius 2 is 2.26 bits per heavy atom. The van der Waals surface area contributed by atoms with E-state index in [1.807, 2.05) is 19.1 Å². The number of hydrogen-bond donors (Lipinski definition) is 1. The van der Waals surface area contributed by atoms with Crippen molar-refractivity contribution in [2.75, 3.05) is 6.54 Å². The van der Waals surface area contributed by atoms with E-state index < -0.39 is 0 Å². The third-order valence-electron chi connectivity index (χ3n) is 3.19. The lowest BCUT2D eigenvalue weighted by Crippen LogP contribution is -2.17. The first kappa shape index (κ1) is 12.3. The molecular weight excluding hydrogens is 240 g/mol. The van der Waals surface area contributed by atoms with Crippen LogP contribution >= 0.6 is 0 Å². The van der Waals surface area contributed by atoms with Crippen molar-refractivity contribution >= 4 is 0 Å². The third kappa shape index (κ3) is 3.38.